The van der Waals surface area contributed by atoms with Gasteiger partial charge in [-0.15, -0.1) is 0 Å². The van der Waals surface area contributed by atoms with Gasteiger partial charge in [0, 0.05) is 24.3 Å². The number of benzene rings is 2. The van der Waals surface area contributed by atoms with Gasteiger partial charge in [0.2, 0.25) is 0 Å². The largest absolute Gasteiger partial charge is 0.504 e. The predicted octanol–water partition coefficient (Wildman–Crippen LogP) is 3.46. The highest BCUT2D eigenvalue weighted by Gasteiger charge is 2.22. The normalized spacial score (nSPS) is 13.4. The van der Waals surface area contributed by atoms with Crippen molar-refractivity contribution in [1.82, 2.24) is 5.32 Å². The van der Waals surface area contributed by atoms with E-state index in [1.165, 1.54) is 20.0 Å². The van der Waals surface area contributed by atoms with Crippen molar-refractivity contribution >= 4 is 11.6 Å². The van der Waals surface area contributed by atoms with E-state index in [9.17, 15) is 9.90 Å². The summed E-state index contributed by atoms with van der Waals surface area (Å²) in [5, 5.41) is 16.0. The van der Waals surface area contributed by atoms with Gasteiger partial charge in [0.1, 0.15) is 0 Å². The minimum Gasteiger partial charge on any atom is -0.504 e. The standard InChI is InChI=1S/C20H24N2O3/c1-13-3-7-16(20(24)22-11-14-4-5-14)10-17(13)21-12-15-6-8-18(23)19(9-15)25-2/h3,6-10,14,21,23H,4-5,11-12H2,1-2H3,(H,22,24). The van der Waals surface area contributed by atoms with Crippen molar-refractivity contribution in [2.24, 2.45) is 5.92 Å². The molecule has 0 atom stereocenters. The lowest BCUT2D eigenvalue weighted by atomic mass is 10.1. The fourth-order valence-corrected chi connectivity index (χ4v) is 2.64. The second kappa shape index (κ2) is 7.47. The highest BCUT2D eigenvalue weighted by Crippen LogP contribution is 2.28. The number of nitrogens with one attached hydrogen (secondary N) is 2. The van der Waals surface area contributed by atoms with E-state index in [0.29, 0.717) is 23.8 Å². The summed E-state index contributed by atoms with van der Waals surface area (Å²) in [7, 11) is 1.53. The fourth-order valence-electron chi connectivity index (χ4n) is 2.64. The molecule has 5 nitrogen and oxygen atoms in total. The number of aromatic hydroxyl groups is 1. The maximum absolute atomic E-state index is 12.3. The van der Waals surface area contributed by atoms with Crippen LogP contribution in [0.5, 0.6) is 11.5 Å². The van der Waals surface area contributed by atoms with Crippen molar-refractivity contribution in [2.75, 3.05) is 19.0 Å². The van der Waals surface area contributed by atoms with Gasteiger partial charge in [-0.05, 0) is 61.1 Å². The van der Waals surface area contributed by atoms with Crippen molar-refractivity contribution in [3.63, 3.8) is 0 Å². The molecule has 5 heteroatoms. The molecule has 132 valence electrons. The highest BCUT2D eigenvalue weighted by molar-refractivity contribution is 5.95. The third kappa shape index (κ3) is 4.44. The summed E-state index contributed by atoms with van der Waals surface area (Å²) in [6.45, 7) is 3.35. The molecule has 0 aliphatic heterocycles. The number of rotatable bonds is 7. The lowest BCUT2D eigenvalue weighted by Gasteiger charge is -2.13. The summed E-state index contributed by atoms with van der Waals surface area (Å²) in [5.74, 6) is 1.21. The smallest absolute Gasteiger partial charge is 0.251 e. The molecule has 1 aliphatic carbocycles. The number of methoxy groups -OCH3 is 1. The molecule has 2 aromatic carbocycles. The molecule has 1 fully saturated rings. The summed E-state index contributed by atoms with van der Waals surface area (Å²) in [5.41, 5.74) is 3.64. The quantitative estimate of drug-likeness (QED) is 0.722. The Morgan fingerprint density at radius 2 is 2.04 bits per heavy atom. The summed E-state index contributed by atoms with van der Waals surface area (Å²) >= 11 is 0. The third-order valence-electron chi connectivity index (χ3n) is 4.48. The highest BCUT2D eigenvalue weighted by atomic mass is 16.5. The third-order valence-corrected chi connectivity index (χ3v) is 4.48. The molecule has 3 N–H and O–H groups in total. The van der Waals surface area contributed by atoms with Crippen LogP contribution in [-0.2, 0) is 6.54 Å². The molecule has 0 bridgehead atoms. The predicted molar refractivity (Wildman–Crippen MR) is 98.2 cm³/mol. The van der Waals surface area contributed by atoms with Gasteiger partial charge in [-0.2, -0.15) is 0 Å². The van der Waals surface area contributed by atoms with Gasteiger partial charge in [0.05, 0.1) is 7.11 Å². The zero-order valence-electron chi connectivity index (χ0n) is 14.6. The minimum atomic E-state index is -0.0266. The lowest BCUT2D eigenvalue weighted by Crippen LogP contribution is -2.25. The van der Waals surface area contributed by atoms with Gasteiger partial charge in [-0.1, -0.05) is 12.1 Å². The zero-order chi connectivity index (χ0) is 17.8. The summed E-state index contributed by atoms with van der Waals surface area (Å²) < 4.78 is 5.13. The van der Waals surface area contributed by atoms with Crippen LogP contribution < -0.4 is 15.4 Å². The first-order valence-corrected chi connectivity index (χ1v) is 8.55. The van der Waals surface area contributed by atoms with E-state index in [1.807, 2.05) is 31.2 Å². The summed E-state index contributed by atoms with van der Waals surface area (Å²) in [6.07, 6.45) is 2.44. The number of hydrogen-bond donors (Lipinski definition) is 3. The van der Waals surface area contributed by atoms with Crippen LogP contribution in [0.2, 0.25) is 0 Å². The minimum absolute atomic E-state index is 0.0266. The van der Waals surface area contributed by atoms with Gasteiger partial charge in [0.15, 0.2) is 11.5 Å². The lowest BCUT2D eigenvalue weighted by molar-refractivity contribution is 0.0952. The molecule has 0 spiro atoms. The molecule has 0 heterocycles. The topological polar surface area (TPSA) is 70.6 Å². The van der Waals surface area contributed by atoms with Gasteiger partial charge < -0.3 is 20.5 Å². The molecular formula is C20H24N2O3. The maximum Gasteiger partial charge on any atom is 0.251 e. The number of carbonyl (C=O) groups is 1. The van der Waals surface area contributed by atoms with E-state index < -0.39 is 0 Å². The Hall–Kier alpha value is -2.69. The first-order chi connectivity index (χ1) is 12.1. The second-order valence-electron chi connectivity index (χ2n) is 6.54. The number of amides is 1. The van der Waals surface area contributed by atoms with E-state index >= 15 is 0 Å². The van der Waals surface area contributed by atoms with Crippen molar-refractivity contribution < 1.29 is 14.6 Å². The molecule has 3 rings (SSSR count). The van der Waals surface area contributed by atoms with E-state index in [4.69, 9.17) is 4.74 Å². The number of phenolic OH excluding ortho intramolecular Hbond substituents is 1. The molecule has 0 radical (unpaired) electrons. The van der Waals surface area contributed by atoms with Crippen LogP contribution in [0.15, 0.2) is 36.4 Å². The number of anilines is 1. The number of ether oxygens (including phenoxy) is 1. The number of aryl methyl sites for hydroxylation is 1. The Morgan fingerprint density at radius 3 is 2.76 bits per heavy atom. The first kappa shape index (κ1) is 17.1. The van der Waals surface area contributed by atoms with Crippen LogP contribution in [0.3, 0.4) is 0 Å². The number of phenols is 1. The molecular weight excluding hydrogens is 316 g/mol. The van der Waals surface area contributed by atoms with Crippen molar-refractivity contribution in [2.45, 2.75) is 26.3 Å². The van der Waals surface area contributed by atoms with Crippen molar-refractivity contribution in [3.05, 3.63) is 53.1 Å². The SMILES string of the molecule is COc1cc(CNc2cc(C(=O)NCC3CC3)ccc2C)ccc1O. The molecule has 2 aromatic rings. The Morgan fingerprint density at radius 1 is 1.24 bits per heavy atom. The van der Waals surface area contributed by atoms with Crippen molar-refractivity contribution in [3.8, 4) is 11.5 Å². The maximum atomic E-state index is 12.3. The summed E-state index contributed by atoms with van der Waals surface area (Å²) in [6, 6.07) is 10.9. The van der Waals surface area contributed by atoms with Crippen molar-refractivity contribution in [1.29, 1.82) is 0 Å². The van der Waals surface area contributed by atoms with Gasteiger partial charge in [-0.3, -0.25) is 4.79 Å². The van der Waals surface area contributed by atoms with E-state index in [2.05, 4.69) is 10.6 Å². The molecule has 1 amide bonds. The molecule has 0 saturated heterocycles. The van der Waals surface area contributed by atoms with Crippen LogP contribution in [0.25, 0.3) is 0 Å². The van der Waals surface area contributed by atoms with E-state index in [0.717, 1.165) is 23.4 Å². The number of hydrogen-bond acceptors (Lipinski definition) is 4. The monoisotopic (exact) mass is 340 g/mol. The van der Waals surface area contributed by atoms with Crippen LogP contribution in [0.1, 0.15) is 34.3 Å². The van der Waals surface area contributed by atoms with Crippen LogP contribution in [0, 0.1) is 12.8 Å². The Bertz CT molecular complexity index is 770. The Kier molecular flexibility index (Phi) is 5.12. The molecule has 1 aliphatic rings. The zero-order valence-corrected chi connectivity index (χ0v) is 14.6. The average Bonchev–Trinajstić information content (AvgIpc) is 3.44. The fraction of sp³-hybridized carbons (Fsp3) is 0.350. The van der Waals surface area contributed by atoms with Gasteiger partial charge >= 0.3 is 0 Å². The molecule has 0 unspecified atom stereocenters. The van der Waals surface area contributed by atoms with Gasteiger partial charge in [-0.25, -0.2) is 0 Å². The molecule has 0 aromatic heterocycles. The van der Waals surface area contributed by atoms with E-state index in [1.54, 1.807) is 12.1 Å². The van der Waals surface area contributed by atoms with Crippen LogP contribution in [0.4, 0.5) is 5.69 Å². The van der Waals surface area contributed by atoms with E-state index in [-0.39, 0.29) is 11.7 Å². The molecule has 1 saturated carbocycles. The number of carbonyl (C=O) groups excluding carboxylic acids is 1. The van der Waals surface area contributed by atoms with Crippen LogP contribution >= 0.6 is 0 Å². The summed E-state index contributed by atoms with van der Waals surface area (Å²) in [4.78, 5) is 12.3. The molecule has 25 heavy (non-hydrogen) atoms. The second-order valence-corrected chi connectivity index (χ2v) is 6.54. The van der Waals surface area contributed by atoms with Crippen LogP contribution in [-0.4, -0.2) is 24.7 Å². The Balaban J connectivity index is 1.66. The Labute approximate surface area is 148 Å². The van der Waals surface area contributed by atoms with Gasteiger partial charge in [0.25, 0.3) is 5.91 Å². The first-order valence-electron chi connectivity index (χ1n) is 8.55. The average molecular weight is 340 g/mol.